The Morgan fingerprint density at radius 3 is 2.54 bits per heavy atom. The number of anilines is 1. The SMILES string of the molecule is O=C1c2ccccc2NC(c2csc(-c3ccc(F)cc3)n2)N1CC(F)(F)F. The second-order valence-electron chi connectivity index (χ2n) is 6.23. The van der Waals surface area contributed by atoms with Gasteiger partial charge in [0.05, 0.1) is 11.3 Å². The molecule has 1 aliphatic heterocycles. The highest BCUT2D eigenvalue weighted by Crippen LogP contribution is 2.36. The topological polar surface area (TPSA) is 45.2 Å². The molecule has 28 heavy (non-hydrogen) atoms. The summed E-state index contributed by atoms with van der Waals surface area (Å²) < 4.78 is 52.4. The van der Waals surface area contributed by atoms with Crippen LogP contribution in [0.3, 0.4) is 0 Å². The number of rotatable bonds is 3. The van der Waals surface area contributed by atoms with Gasteiger partial charge < -0.3 is 10.2 Å². The van der Waals surface area contributed by atoms with Crippen LogP contribution in [0, 0.1) is 5.82 Å². The number of halogens is 4. The summed E-state index contributed by atoms with van der Waals surface area (Å²) in [5, 5.41) is 5.10. The van der Waals surface area contributed by atoms with Crippen LogP contribution in [0.1, 0.15) is 22.2 Å². The number of fused-ring (bicyclic) bond motifs is 1. The molecule has 3 aromatic rings. The van der Waals surface area contributed by atoms with Gasteiger partial charge in [0, 0.05) is 16.6 Å². The molecule has 2 heterocycles. The first-order valence-corrected chi connectivity index (χ1v) is 9.14. The van der Waals surface area contributed by atoms with Gasteiger partial charge in [-0.05, 0) is 36.4 Å². The first-order valence-electron chi connectivity index (χ1n) is 8.26. The minimum atomic E-state index is -4.56. The number of carbonyl (C=O) groups is 1. The van der Waals surface area contributed by atoms with Gasteiger partial charge in [0.1, 0.15) is 23.5 Å². The van der Waals surface area contributed by atoms with Gasteiger partial charge in [-0.3, -0.25) is 4.79 Å². The van der Waals surface area contributed by atoms with Crippen LogP contribution >= 0.6 is 11.3 Å². The second-order valence-corrected chi connectivity index (χ2v) is 7.08. The summed E-state index contributed by atoms with van der Waals surface area (Å²) in [6.45, 7) is -1.40. The molecule has 2 aromatic carbocycles. The largest absolute Gasteiger partial charge is 0.406 e. The molecule has 4 nitrogen and oxygen atoms in total. The van der Waals surface area contributed by atoms with Crippen molar-refractivity contribution < 1.29 is 22.4 Å². The number of hydrogen-bond donors (Lipinski definition) is 1. The molecule has 0 aliphatic carbocycles. The van der Waals surface area contributed by atoms with E-state index in [0.29, 0.717) is 16.3 Å². The first kappa shape index (κ1) is 18.4. The van der Waals surface area contributed by atoms with Crippen LogP contribution < -0.4 is 5.32 Å². The number of benzene rings is 2. The molecule has 1 atom stereocenters. The summed E-state index contributed by atoms with van der Waals surface area (Å²) in [5.41, 5.74) is 1.56. The zero-order chi connectivity index (χ0) is 19.9. The summed E-state index contributed by atoms with van der Waals surface area (Å²) in [4.78, 5) is 17.8. The Bertz CT molecular complexity index is 1020. The monoisotopic (exact) mass is 407 g/mol. The molecule has 1 N–H and O–H groups in total. The van der Waals surface area contributed by atoms with Crippen molar-refractivity contribution in [3.63, 3.8) is 0 Å². The predicted octanol–water partition coefficient (Wildman–Crippen LogP) is 5.08. The number of carbonyl (C=O) groups excluding carboxylic acids is 1. The third-order valence-corrected chi connectivity index (χ3v) is 5.17. The van der Waals surface area contributed by atoms with Crippen molar-refractivity contribution in [2.45, 2.75) is 12.3 Å². The average Bonchev–Trinajstić information content (AvgIpc) is 3.13. The molecule has 0 fully saturated rings. The standard InChI is InChI=1S/C19H13F4N3OS/c20-12-7-5-11(6-8-12)17-25-15(9-28-17)16-24-14-4-2-1-3-13(14)18(27)26(16)10-19(21,22)23/h1-9,16,24H,10H2. The Morgan fingerprint density at radius 2 is 1.82 bits per heavy atom. The highest BCUT2D eigenvalue weighted by atomic mass is 32.1. The van der Waals surface area contributed by atoms with Gasteiger partial charge in [-0.2, -0.15) is 13.2 Å². The van der Waals surface area contributed by atoms with Crippen LogP contribution in [0.5, 0.6) is 0 Å². The predicted molar refractivity (Wildman–Crippen MR) is 97.4 cm³/mol. The molecule has 9 heteroatoms. The van der Waals surface area contributed by atoms with Crippen LogP contribution in [0.4, 0.5) is 23.2 Å². The maximum Gasteiger partial charge on any atom is 0.406 e. The minimum absolute atomic E-state index is 0.178. The fraction of sp³-hybridized carbons (Fsp3) is 0.158. The number of alkyl halides is 3. The number of nitrogens with one attached hydrogen (secondary N) is 1. The maximum absolute atomic E-state index is 13.1. The van der Waals surface area contributed by atoms with Crippen LogP contribution in [0.2, 0.25) is 0 Å². The zero-order valence-electron chi connectivity index (χ0n) is 14.2. The molecule has 1 aliphatic rings. The fourth-order valence-corrected chi connectivity index (χ4v) is 3.86. The van der Waals surface area contributed by atoms with E-state index in [0.717, 1.165) is 4.90 Å². The number of nitrogens with zero attached hydrogens (tertiary/aromatic N) is 2. The van der Waals surface area contributed by atoms with E-state index in [1.165, 1.54) is 29.5 Å². The van der Waals surface area contributed by atoms with E-state index in [2.05, 4.69) is 10.3 Å². The molecule has 0 spiro atoms. The molecule has 0 saturated heterocycles. The lowest BCUT2D eigenvalue weighted by atomic mass is 10.1. The smallest absolute Gasteiger partial charge is 0.359 e. The van der Waals surface area contributed by atoms with Gasteiger partial charge in [-0.15, -0.1) is 11.3 Å². The Balaban J connectivity index is 1.72. The fourth-order valence-electron chi connectivity index (χ4n) is 3.02. The van der Waals surface area contributed by atoms with E-state index in [-0.39, 0.29) is 11.3 Å². The van der Waals surface area contributed by atoms with Gasteiger partial charge in [-0.1, -0.05) is 12.1 Å². The van der Waals surface area contributed by atoms with Crippen molar-refractivity contribution in [2.75, 3.05) is 11.9 Å². The Morgan fingerprint density at radius 1 is 1.11 bits per heavy atom. The summed E-state index contributed by atoms with van der Waals surface area (Å²) in [5.74, 6) is -1.11. The van der Waals surface area contributed by atoms with Crippen molar-refractivity contribution >= 4 is 22.9 Å². The molecule has 1 amide bonds. The normalized spacial score (nSPS) is 16.6. The van der Waals surface area contributed by atoms with E-state index in [1.807, 2.05) is 0 Å². The van der Waals surface area contributed by atoms with Crippen LogP contribution in [-0.2, 0) is 0 Å². The lowest BCUT2D eigenvalue weighted by molar-refractivity contribution is -0.144. The summed E-state index contributed by atoms with van der Waals surface area (Å²) in [6.07, 6.45) is -5.62. The van der Waals surface area contributed by atoms with E-state index >= 15 is 0 Å². The molecule has 144 valence electrons. The van der Waals surface area contributed by atoms with Crippen molar-refractivity contribution in [1.29, 1.82) is 0 Å². The van der Waals surface area contributed by atoms with Crippen molar-refractivity contribution in [3.8, 4) is 10.6 Å². The molecule has 1 aromatic heterocycles. The summed E-state index contributed by atoms with van der Waals surface area (Å²) >= 11 is 1.21. The molecule has 0 saturated carbocycles. The summed E-state index contributed by atoms with van der Waals surface area (Å²) in [6, 6.07) is 12.1. The van der Waals surface area contributed by atoms with Crippen LogP contribution in [0.25, 0.3) is 10.6 Å². The van der Waals surface area contributed by atoms with Crippen LogP contribution in [-0.4, -0.2) is 28.5 Å². The molecule has 1 unspecified atom stereocenters. The lowest BCUT2D eigenvalue weighted by Crippen LogP contribution is -2.47. The highest BCUT2D eigenvalue weighted by molar-refractivity contribution is 7.13. The quantitative estimate of drug-likeness (QED) is 0.616. The van der Waals surface area contributed by atoms with Gasteiger partial charge in [0.15, 0.2) is 0 Å². The van der Waals surface area contributed by atoms with E-state index in [4.69, 9.17) is 0 Å². The number of aromatic nitrogens is 1. The number of amides is 1. The first-order chi connectivity index (χ1) is 13.3. The van der Waals surface area contributed by atoms with Gasteiger partial charge in [0.2, 0.25) is 0 Å². The van der Waals surface area contributed by atoms with Crippen molar-refractivity contribution in [2.24, 2.45) is 0 Å². The Labute approximate surface area is 161 Å². The molecule has 4 rings (SSSR count). The Hall–Kier alpha value is -2.94. The van der Waals surface area contributed by atoms with Crippen molar-refractivity contribution in [1.82, 2.24) is 9.88 Å². The molecular weight excluding hydrogens is 394 g/mol. The number of hydrogen-bond acceptors (Lipinski definition) is 4. The molecule has 0 radical (unpaired) electrons. The highest BCUT2D eigenvalue weighted by Gasteiger charge is 2.41. The van der Waals surface area contributed by atoms with Gasteiger partial charge >= 0.3 is 6.18 Å². The van der Waals surface area contributed by atoms with E-state index < -0.39 is 30.6 Å². The van der Waals surface area contributed by atoms with Crippen molar-refractivity contribution in [3.05, 3.63) is 71.0 Å². The van der Waals surface area contributed by atoms with Crippen LogP contribution in [0.15, 0.2) is 53.9 Å². The minimum Gasteiger partial charge on any atom is -0.359 e. The third-order valence-electron chi connectivity index (χ3n) is 4.27. The number of para-hydroxylation sites is 1. The second kappa shape index (κ2) is 6.90. The third kappa shape index (κ3) is 3.57. The van der Waals surface area contributed by atoms with E-state index in [1.54, 1.807) is 35.7 Å². The number of thiazole rings is 1. The van der Waals surface area contributed by atoms with E-state index in [9.17, 15) is 22.4 Å². The van der Waals surface area contributed by atoms with Gasteiger partial charge in [-0.25, -0.2) is 9.37 Å². The lowest BCUT2D eigenvalue weighted by Gasteiger charge is -2.37. The molecular formula is C19H13F4N3OS. The summed E-state index contributed by atoms with van der Waals surface area (Å²) in [7, 11) is 0. The molecule has 0 bridgehead atoms. The Kier molecular flexibility index (Phi) is 4.54. The average molecular weight is 407 g/mol. The zero-order valence-corrected chi connectivity index (χ0v) is 15.0. The van der Waals surface area contributed by atoms with Gasteiger partial charge in [0.25, 0.3) is 5.91 Å². The maximum atomic E-state index is 13.1.